The molecule has 194 valence electrons. The summed E-state index contributed by atoms with van der Waals surface area (Å²) in [5, 5.41) is 5.62. The predicted octanol–water partition coefficient (Wildman–Crippen LogP) is 2.20. The lowest BCUT2D eigenvalue weighted by Crippen LogP contribution is -2.58. The number of rotatable bonds is 11. The van der Waals surface area contributed by atoms with Gasteiger partial charge in [0.15, 0.2) is 0 Å². The van der Waals surface area contributed by atoms with Gasteiger partial charge in [-0.15, -0.1) is 0 Å². The number of carbonyl (C=O) groups excluding carboxylic acids is 4. The van der Waals surface area contributed by atoms with Crippen LogP contribution in [0.15, 0.2) is 24.3 Å². The van der Waals surface area contributed by atoms with Crippen LogP contribution in [0.4, 0.5) is 4.39 Å². The molecule has 35 heavy (non-hydrogen) atoms. The Morgan fingerprint density at radius 2 is 1.71 bits per heavy atom. The Bertz CT molecular complexity index is 890. The molecular weight excluding hydrogens is 451 g/mol. The largest absolute Gasteiger partial charge is 0.347 e. The average Bonchev–Trinajstić information content (AvgIpc) is 3.35. The van der Waals surface area contributed by atoms with Crippen LogP contribution in [-0.2, 0) is 32.3 Å². The zero-order chi connectivity index (χ0) is 26.1. The molecule has 1 unspecified atom stereocenters. The van der Waals surface area contributed by atoms with E-state index in [1.807, 2.05) is 13.8 Å². The Kier molecular flexibility index (Phi) is 10.7. The third-order valence-corrected chi connectivity index (χ3v) is 6.63. The maximum atomic E-state index is 13.6. The van der Waals surface area contributed by atoms with Gasteiger partial charge in [-0.05, 0) is 29.9 Å². The maximum absolute atomic E-state index is 13.6. The number of halogens is 1. The number of likely N-dealkylation sites (tertiary alicyclic amines) is 1. The summed E-state index contributed by atoms with van der Waals surface area (Å²) in [6.45, 7) is 5.40. The molecule has 4 atom stereocenters. The molecule has 0 aromatic heterocycles. The van der Waals surface area contributed by atoms with Crippen LogP contribution in [0, 0.1) is 5.92 Å². The minimum absolute atomic E-state index is 0.130. The summed E-state index contributed by atoms with van der Waals surface area (Å²) in [5.41, 5.74) is 1.29. The standard InChI is InChI=1S/C26H39FN4O4/c1-6-17(3)23(26(35)31-14-8-9-21(31)25(34)30(4)5)29-24(33)20(28-22(32)7-2)15-18-10-12-19(16-27)13-11-18/h10-13,17,20-21,23H,6-9,14-16H2,1-5H3,(H,28,32)(H,29,33)/t17?,20-,21-,23+/m1/s1. The zero-order valence-electron chi connectivity index (χ0n) is 21.5. The van der Waals surface area contributed by atoms with Crippen molar-refractivity contribution in [2.24, 2.45) is 5.92 Å². The van der Waals surface area contributed by atoms with Gasteiger partial charge in [-0.3, -0.25) is 19.2 Å². The first kappa shape index (κ1) is 28.3. The number of nitrogens with zero attached hydrogens (tertiary/aromatic N) is 2. The van der Waals surface area contributed by atoms with Crippen LogP contribution in [0.1, 0.15) is 57.6 Å². The molecule has 1 saturated heterocycles. The second-order valence-electron chi connectivity index (χ2n) is 9.42. The molecule has 1 aliphatic rings. The molecule has 1 heterocycles. The Morgan fingerprint density at radius 3 is 2.26 bits per heavy atom. The quantitative estimate of drug-likeness (QED) is 0.497. The van der Waals surface area contributed by atoms with Gasteiger partial charge in [-0.25, -0.2) is 4.39 Å². The van der Waals surface area contributed by atoms with Gasteiger partial charge >= 0.3 is 0 Å². The number of hydrogen-bond acceptors (Lipinski definition) is 4. The minimum Gasteiger partial charge on any atom is -0.347 e. The van der Waals surface area contributed by atoms with Gasteiger partial charge in [0.1, 0.15) is 24.8 Å². The SMILES string of the molecule is CCC(=O)N[C@H](Cc1ccc(CF)cc1)C(=O)N[C@H](C(=O)N1CCC[C@@H]1C(=O)N(C)C)C(C)CC. The van der Waals surface area contributed by atoms with Gasteiger partial charge in [0, 0.05) is 33.5 Å². The number of alkyl halides is 1. The van der Waals surface area contributed by atoms with Crippen molar-refractivity contribution in [1.29, 1.82) is 0 Å². The van der Waals surface area contributed by atoms with Gasteiger partial charge in [-0.2, -0.15) is 0 Å². The Hall–Kier alpha value is -2.97. The molecule has 0 spiro atoms. The van der Waals surface area contributed by atoms with E-state index < -0.39 is 30.7 Å². The molecule has 0 radical (unpaired) electrons. The summed E-state index contributed by atoms with van der Waals surface area (Å²) in [4.78, 5) is 54.8. The molecular formula is C26H39FN4O4. The molecule has 4 amide bonds. The van der Waals surface area contributed by atoms with Crippen molar-refractivity contribution in [1.82, 2.24) is 20.4 Å². The van der Waals surface area contributed by atoms with Crippen molar-refractivity contribution in [3.8, 4) is 0 Å². The van der Waals surface area contributed by atoms with Crippen LogP contribution in [0.3, 0.4) is 0 Å². The van der Waals surface area contributed by atoms with Crippen LogP contribution >= 0.6 is 0 Å². The number of carbonyl (C=O) groups is 4. The molecule has 0 saturated carbocycles. The molecule has 2 rings (SSSR count). The monoisotopic (exact) mass is 490 g/mol. The molecule has 1 aromatic carbocycles. The van der Waals surface area contributed by atoms with E-state index in [1.54, 1.807) is 50.2 Å². The van der Waals surface area contributed by atoms with Crippen molar-refractivity contribution in [2.45, 2.75) is 77.7 Å². The molecule has 9 heteroatoms. The van der Waals surface area contributed by atoms with Gasteiger partial charge in [0.2, 0.25) is 23.6 Å². The summed E-state index contributed by atoms with van der Waals surface area (Å²) < 4.78 is 12.9. The van der Waals surface area contributed by atoms with Crippen molar-refractivity contribution in [2.75, 3.05) is 20.6 Å². The van der Waals surface area contributed by atoms with Gasteiger partial charge in [-0.1, -0.05) is 51.5 Å². The molecule has 1 aliphatic heterocycles. The Morgan fingerprint density at radius 1 is 1.09 bits per heavy atom. The fourth-order valence-electron chi connectivity index (χ4n) is 4.21. The van der Waals surface area contributed by atoms with Crippen LogP contribution in [-0.4, -0.2) is 72.2 Å². The van der Waals surface area contributed by atoms with Gasteiger partial charge < -0.3 is 20.4 Å². The zero-order valence-corrected chi connectivity index (χ0v) is 21.5. The van der Waals surface area contributed by atoms with Crippen LogP contribution in [0.2, 0.25) is 0 Å². The summed E-state index contributed by atoms with van der Waals surface area (Å²) in [6, 6.07) is 4.50. The second-order valence-corrected chi connectivity index (χ2v) is 9.42. The van der Waals surface area contributed by atoms with E-state index in [0.717, 1.165) is 12.0 Å². The highest BCUT2D eigenvalue weighted by Crippen LogP contribution is 2.22. The van der Waals surface area contributed by atoms with E-state index >= 15 is 0 Å². The predicted molar refractivity (Wildman–Crippen MR) is 132 cm³/mol. The summed E-state index contributed by atoms with van der Waals surface area (Å²) in [6.07, 6.45) is 2.38. The first-order valence-electron chi connectivity index (χ1n) is 12.4. The third-order valence-electron chi connectivity index (χ3n) is 6.63. The fourth-order valence-corrected chi connectivity index (χ4v) is 4.21. The van der Waals surface area contributed by atoms with Gasteiger partial charge in [0.05, 0.1) is 0 Å². The number of amides is 4. The van der Waals surface area contributed by atoms with Crippen molar-refractivity contribution in [3.63, 3.8) is 0 Å². The molecule has 2 N–H and O–H groups in total. The highest BCUT2D eigenvalue weighted by atomic mass is 19.1. The summed E-state index contributed by atoms with van der Waals surface area (Å²) in [5.74, 6) is -1.33. The first-order valence-corrected chi connectivity index (χ1v) is 12.4. The fraction of sp³-hybridized carbons (Fsp3) is 0.615. The van der Waals surface area contributed by atoms with E-state index in [2.05, 4.69) is 10.6 Å². The second kappa shape index (κ2) is 13.2. The number of likely N-dealkylation sites (N-methyl/N-ethyl adjacent to an activating group) is 1. The van der Waals surface area contributed by atoms with Crippen LogP contribution in [0.5, 0.6) is 0 Å². The summed E-state index contributed by atoms with van der Waals surface area (Å²) in [7, 11) is 3.33. The maximum Gasteiger partial charge on any atom is 0.246 e. The highest BCUT2D eigenvalue weighted by molar-refractivity contribution is 5.94. The molecule has 0 bridgehead atoms. The van der Waals surface area contributed by atoms with E-state index in [0.29, 0.717) is 24.9 Å². The van der Waals surface area contributed by atoms with E-state index in [1.165, 1.54) is 4.90 Å². The normalized spacial score (nSPS) is 17.9. The molecule has 0 aliphatic carbocycles. The minimum atomic E-state index is -0.893. The average molecular weight is 491 g/mol. The van der Waals surface area contributed by atoms with Crippen molar-refractivity contribution < 1.29 is 23.6 Å². The van der Waals surface area contributed by atoms with Crippen LogP contribution in [0.25, 0.3) is 0 Å². The Labute approximate surface area is 207 Å². The van der Waals surface area contributed by atoms with E-state index in [-0.39, 0.29) is 36.5 Å². The highest BCUT2D eigenvalue weighted by Gasteiger charge is 2.40. The van der Waals surface area contributed by atoms with Crippen molar-refractivity contribution in [3.05, 3.63) is 35.4 Å². The lowest BCUT2D eigenvalue weighted by molar-refractivity contribution is -0.145. The molecule has 8 nitrogen and oxygen atoms in total. The smallest absolute Gasteiger partial charge is 0.246 e. The van der Waals surface area contributed by atoms with Crippen molar-refractivity contribution >= 4 is 23.6 Å². The van der Waals surface area contributed by atoms with Gasteiger partial charge in [0.25, 0.3) is 0 Å². The van der Waals surface area contributed by atoms with E-state index in [9.17, 15) is 23.6 Å². The number of nitrogens with one attached hydrogen (secondary N) is 2. The Balaban J connectivity index is 2.24. The third kappa shape index (κ3) is 7.50. The lowest BCUT2D eigenvalue weighted by Gasteiger charge is -2.33. The topological polar surface area (TPSA) is 98.8 Å². The lowest BCUT2D eigenvalue weighted by atomic mass is 9.96. The van der Waals surface area contributed by atoms with E-state index in [4.69, 9.17) is 0 Å². The number of benzene rings is 1. The molecule has 1 aromatic rings. The summed E-state index contributed by atoms with van der Waals surface area (Å²) >= 11 is 0. The first-order chi connectivity index (χ1) is 16.6. The molecule has 1 fully saturated rings. The van der Waals surface area contributed by atoms with Crippen LogP contribution < -0.4 is 10.6 Å². The number of hydrogen-bond donors (Lipinski definition) is 2.